The first kappa shape index (κ1) is 16.1. The molecule has 0 aromatic carbocycles. The summed E-state index contributed by atoms with van der Waals surface area (Å²) in [5.74, 6) is 0.264. The molecule has 1 atom stereocenters. The van der Waals surface area contributed by atoms with Crippen LogP contribution in [0.4, 0.5) is 0 Å². The van der Waals surface area contributed by atoms with Crippen LogP contribution < -0.4 is 0 Å². The van der Waals surface area contributed by atoms with Crippen LogP contribution in [0.15, 0.2) is 0 Å². The zero-order valence-electron chi connectivity index (χ0n) is 12.4. The number of ether oxygens (including phenoxy) is 2. The third-order valence-corrected chi connectivity index (χ3v) is 3.79. The van der Waals surface area contributed by atoms with Gasteiger partial charge in [0.15, 0.2) is 6.10 Å². The van der Waals surface area contributed by atoms with Gasteiger partial charge in [0.2, 0.25) is 0 Å². The highest BCUT2D eigenvalue weighted by molar-refractivity contribution is 7.11. The van der Waals surface area contributed by atoms with Crippen molar-refractivity contribution in [2.45, 2.75) is 53.8 Å². The summed E-state index contributed by atoms with van der Waals surface area (Å²) in [5, 5.41) is 0.991. The molecular weight excluding hydrogens is 262 g/mol. The molecule has 1 rings (SSSR count). The van der Waals surface area contributed by atoms with Crippen LogP contribution >= 0.6 is 11.3 Å². The van der Waals surface area contributed by atoms with Crippen molar-refractivity contribution in [2.24, 2.45) is 5.92 Å². The van der Waals surface area contributed by atoms with Gasteiger partial charge in [-0.2, -0.15) is 0 Å². The molecule has 0 saturated heterocycles. The molecule has 0 radical (unpaired) electrons. The summed E-state index contributed by atoms with van der Waals surface area (Å²) in [7, 11) is 0. The van der Waals surface area contributed by atoms with E-state index in [0.717, 1.165) is 22.0 Å². The number of aryl methyl sites for hydroxylation is 2. The quantitative estimate of drug-likeness (QED) is 0.722. The van der Waals surface area contributed by atoms with Crippen molar-refractivity contribution in [3.05, 3.63) is 15.6 Å². The highest BCUT2D eigenvalue weighted by atomic mass is 32.1. The van der Waals surface area contributed by atoms with Gasteiger partial charge in [0.05, 0.1) is 15.6 Å². The number of hydrogen-bond acceptors (Lipinski definition) is 5. The molecule has 5 heteroatoms. The summed E-state index contributed by atoms with van der Waals surface area (Å²) < 4.78 is 10.7. The largest absolute Gasteiger partial charge is 0.458 e. The monoisotopic (exact) mass is 285 g/mol. The van der Waals surface area contributed by atoms with E-state index in [1.54, 1.807) is 18.3 Å². The predicted octanol–water partition coefficient (Wildman–Crippen LogP) is 3.25. The van der Waals surface area contributed by atoms with Gasteiger partial charge in [0.25, 0.3) is 0 Å². The predicted molar refractivity (Wildman–Crippen MR) is 76.3 cm³/mol. The molecule has 0 fully saturated rings. The van der Waals surface area contributed by atoms with Crippen molar-refractivity contribution in [3.63, 3.8) is 0 Å². The fraction of sp³-hybridized carbons (Fsp3) is 0.714. The lowest BCUT2D eigenvalue weighted by Gasteiger charge is -2.13. The van der Waals surface area contributed by atoms with E-state index in [4.69, 9.17) is 9.47 Å². The van der Waals surface area contributed by atoms with E-state index in [9.17, 15) is 4.79 Å². The normalized spacial score (nSPS) is 12.7. The number of thiazole rings is 1. The molecule has 1 aromatic rings. The van der Waals surface area contributed by atoms with Crippen molar-refractivity contribution in [1.82, 2.24) is 4.98 Å². The Morgan fingerprint density at radius 1 is 1.32 bits per heavy atom. The first-order valence-electron chi connectivity index (χ1n) is 6.61. The van der Waals surface area contributed by atoms with Crippen LogP contribution in [0.3, 0.4) is 0 Å². The Morgan fingerprint density at radius 2 is 2.00 bits per heavy atom. The van der Waals surface area contributed by atoms with Crippen LogP contribution in [0, 0.1) is 19.8 Å². The molecule has 19 heavy (non-hydrogen) atoms. The van der Waals surface area contributed by atoms with Gasteiger partial charge < -0.3 is 9.47 Å². The maximum Gasteiger partial charge on any atom is 0.335 e. The Morgan fingerprint density at radius 3 is 2.53 bits per heavy atom. The fourth-order valence-corrected chi connectivity index (χ4v) is 2.36. The first-order chi connectivity index (χ1) is 8.90. The molecule has 0 spiro atoms. The number of esters is 1. The van der Waals surface area contributed by atoms with Gasteiger partial charge in [-0.3, -0.25) is 0 Å². The number of carbonyl (C=O) groups excluding carboxylic acids is 1. The Kier molecular flexibility index (Phi) is 6.45. The molecule has 0 amide bonds. The van der Waals surface area contributed by atoms with Gasteiger partial charge in [-0.25, -0.2) is 9.78 Å². The molecule has 108 valence electrons. The smallest absolute Gasteiger partial charge is 0.335 e. The summed E-state index contributed by atoms with van der Waals surface area (Å²) in [6, 6.07) is 0. The van der Waals surface area contributed by atoms with E-state index < -0.39 is 6.10 Å². The van der Waals surface area contributed by atoms with Crippen LogP contribution in [0.25, 0.3) is 0 Å². The number of hydrogen-bond donors (Lipinski definition) is 0. The van der Waals surface area contributed by atoms with E-state index in [2.05, 4.69) is 18.8 Å². The van der Waals surface area contributed by atoms with Gasteiger partial charge in [0, 0.05) is 6.61 Å². The lowest BCUT2D eigenvalue weighted by molar-refractivity contribution is -0.157. The maximum absolute atomic E-state index is 11.7. The summed E-state index contributed by atoms with van der Waals surface area (Å²) in [6.45, 7) is 10.7. The zero-order chi connectivity index (χ0) is 14.4. The highest BCUT2D eigenvalue weighted by Crippen LogP contribution is 2.18. The topological polar surface area (TPSA) is 48.4 Å². The Hall–Kier alpha value is -0.940. The minimum atomic E-state index is -0.506. The van der Waals surface area contributed by atoms with E-state index in [1.807, 2.05) is 13.8 Å². The number of nitrogens with zero attached hydrogens (tertiary/aromatic N) is 1. The molecule has 0 N–H and O–H groups in total. The Balaban J connectivity index is 2.32. The Bertz CT molecular complexity index is 415. The molecule has 0 aliphatic rings. The Labute approximate surface area is 119 Å². The first-order valence-corrected chi connectivity index (χ1v) is 7.43. The average Bonchev–Trinajstić information content (AvgIpc) is 2.64. The molecule has 0 aliphatic heterocycles. The van der Waals surface area contributed by atoms with Crippen LogP contribution in [0.2, 0.25) is 0 Å². The van der Waals surface area contributed by atoms with Gasteiger partial charge >= 0.3 is 5.97 Å². The third kappa shape index (κ3) is 5.70. The summed E-state index contributed by atoms with van der Waals surface area (Å²) in [4.78, 5) is 17.0. The minimum Gasteiger partial charge on any atom is -0.458 e. The van der Waals surface area contributed by atoms with E-state index in [1.165, 1.54) is 0 Å². The molecule has 4 nitrogen and oxygen atoms in total. The van der Waals surface area contributed by atoms with Gasteiger partial charge in [-0.1, -0.05) is 13.8 Å². The average molecular weight is 285 g/mol. The number of rotatable bonds is 7. The second-order valence-electron chi connectivity index (χ2n) is 5.04. The standard InChI is InChI=1S/C14H23NO3S/c1-9(2)6-7-17-11(4)14(16)18-8-13-10(3)15-12(5)19-13/h9,11H,6-8H2,1-5H3/t11-/m0/s1. The van der Waals surface area contributed by atoms with Gasteiger partial charge in [-0.05, 0) is 33.1 Å². The lowest BCUT2D eigenvalue weighted by Crippen LogP contribution is -2.24. The number of carbonyl (C=O) groups is 1. The molecule has 0 saturated carbocycles. The van der Waals surface area contributed by atoms with Crippen molar-refractivity contribution in [3.8, 4) is 0 Å². The van der Waals surface area contributed by atoms with E-state index >= 15 is 0 Å². The molecule has 0 bridgehead atoms. The van der Waals surface area contributed by atoms with Crippen molar-refractivity contribution in [2.75, 3.05) is 6.61 Å². The van der Waals surface area contributed by atoms with Gasteiger partial charge in [-0.15, -0.1) is 11.3 Å². The summed E-state index contributed by atoms with van der Waals surface area (Å²) in [6.07, 6.45) is 0.443. The van der Waals surface area contributed by atoms with Crippen molar-refractivity contribution in [1.29, 1.82) is 0 Å². The zero-order valence-corrected chi connectivity index (χ0v) is 13.2. The van der Waals surface area contributed by atoms with Crippen molar-refractivity contribution < 1.29 is 14.3 Å². The molecule has 1 aromatic heterocycles. The maximum atomic E-state index is 11.7. The van der Waals surface area contributed by atoms with E-state index in [0.29, 0.717) is 12.5 Å². The second kappa shape index (κ2) is 7.60. The van der Waals surface area contributed by atoms with Crippen LogP contribution in [0.1, 0.15) is 42.8 Å². The molecular formula is C14H23NO3S. The molecule has 1 heterocycles. The van der Waals surface area contributed by atoms with Crippen molar-refractivity contribution >= 4 is 17.3 Å². The second-order valence-corrected chi connectivity index (χ2v) is 6.33. The number of aromatic nitrogens is 1. The van der Waals surface area contributed by atoms with Crippen LogP contribution in [-0.4, -0.2) is 23.7 Å². The SMILES string of the molecule is Cc1nc(C)c(COC(=O)[C@H](C)OCCC(C)C)s1. The van der Waals surface area contributed by atoms with E-state index in [-0.39, 0.29) is 12.6 Å². The fourth-order valence-electron chi connectivity index (χ4n) is 1.51. The third-order valence-electron chi connectivity index (χ3n) is 2.74. The van der Waals surface area contributed by atoms with Crippen LogP contribution in [0.5, 0.6) is 0 Å². The van der Waals surface area contributed by atoms with Crippen LogP contribution in [-0.2, 0) is 20.9 Å². The molecule has 0 aliphatic carbocycles. The molecule has 0 unspecified atom stereocenters. The highest BCUT2D eigenvalue weighted by Gasteiger charge is 2.16. The minimum absolute atomic E-state index is 0.286. The van der Waals surface area contributed by atoms with Gasteiger partial charge in [0.1, 0.15) is 6.61 Å². The lowest BCUT2D eigenvalue weighted by atomic mass is 10.1. The summed E-state index contributed by atoms with van der Waals surface area (Å²) >= 11 is 1.56. The summed E-state index contributed by atoms with van der Waals surface area (Å²) in [5.41, 5.74) is 0.934.